The number of rotatable bonds is 1. The molecule has 0 atom stereocenters. The lowest BCUT2D eigenvalue weighted by molar-refractivity contribution is 1.26. The molecule has 2 rings (SSSR count). The van der Waals surface area contributed by atoms with Gasteiger partial charge in [0, 0.05) is 17.0 Å². The summed E-state index contributed by atoms with van der Waals surface area (Å²) in [7, 11) is 0. The largest absolute Gasteiger partial charge is 0.329 e. The summed E-state index contributed by atoms with van der Waals surface area (Å²) >= 11 is 1.70. The molecule has 1 aromatic carbocycles. The van der Waals surface area contributed by atoms with E-state index in [2.05, 4.69) is 41.7 Å². The van der Waals surface area contributed by atoms with Crippen molar-refractivity contribution in [3.05, 3.63) is 47.5 Å². The number of fused-ring (bicyclic) bond motifs is 1. The van der Waals surface area contributed by atoms with Crippen LogP contribution in [0.5, 0.6) is 0 Å². The van der Waals surface area contributed by atoms with E-state index in [1.807, 2.05) is 6.92 Å². The van der Waals surface area contributed by atoms with Crippen molar-refractivity contribution in [3.8, 4) is 0 Å². The maximum absolute atomic E-state index is 4.03. The zero-order chi connectivity index (χ0) is 9.97. The first kappa shape index (κ1) is 9.41. The molecule has 1 heterocycles. The first-order valence-corrected chi connectivity index (χ1v) is 5.63. The summed E-state index contributed by atoms with van der Waals surface area (Å²) in [6, 6.07) is 6.40. The van der Waals surface area contributed by atoms with Crippen molar-refractivity contribution < 1.29 is 0 Å². The molecule has 0 amide bonds. The molecule has 1 aliphatic rings. The van der Waals surface area contributed by atoms with Gasteiger partial charge in [0.25, 0.3) is 0 Å². The summed E-state index contributed by atoms with van der Waals surface area (Å²) in [6.07, 6.45) is 4.19. The lowest BCUT2D eigenvalue weighted by atomic mass is 9.99. The lowest BCUT2D eigenvalue weighted by Gasteiger charge is -2.21. The molecule has 2 heteroatoms. The molecule has 0 saturated heterocycles. The minimum absolute atomic E-state index is 1.01. The van der Waals surface area contributed by atoms with E-state index in [9.17, 15) is 0 Å². The van der Waals surface area contributed by atoms with Crippen molar-refractivity contribution >= 4 is 23.7 Å². The van der Waals surface area contributed by atoms with Crippen molar-refractivity contribution in [1.29, 1.82) is 0 Å². The molecule has 0 spiro atoms. The van der Waals surface area contributed by atoms with Crippen LogP contribution in [0.25, 0.3) is 11.8 Å². The number of benzene rings is 1. The Hall–Kier alpha value is -1.15. The summed E-state index contributed by atoms with van der Waals surface area (Å²) in [5.74, 6) is 1.01. The van der Waals surface area contributed by atoms with E-state index in [1.54, 1.807) is 11.9 Å². The molecule has 0 aliphatic carbocycles. The van der Waals surface area contributed by atoms with E-state index < -0.39 is 0 Å². The highest BCUT2D eigenvalue weighted by Crippen LogP contribution is 2.30. The Labute approximate surface area is 89.0 Å². The normalized spacial score (nSPS) is 15.4. The van der Waals surface area contributed by atoms with Crippen LogP contribution >= 0.6 is 11.9 Å². The fourth-order valence-electron chi connectivity index (χ4n) is 1.68. The smallest absolute Gasteiger partial charge is 0.0449 e. The second kappa shape index (κ2) is 3.93. The van der Waals surface area contributed by atoms with Crippen molar-refractivity contribution in [2.45, 2.75) is 12.7 Å². The Balaban J connectivity index is 2.57. The molecule has 0 bridgehead atoms. The lowest BCUT2D eigenvalue weighted by Crippen LogP contribution is -2.11. The number of allylic oxidation sites excluding steroid dienone is 1. The number of nitrogens with one attached hydrogen (secondary N) is 1. The van der Waals surface area contributed by atoms with Crippen molar-refractivity contribution in [3.63, 3.8) is 0 Å². The number of hydrogen-bond donors (Lipinski definition) is 1. The van der Waals surface area contributed by atoms with Gasteiger partial charge in [-0.3, -0.25) is 0 Å². The molecule has 14 heavy (non-hydrogen) atoms. The Morgan fingerprint density at radius 3 is 3.14 bits per heavy atom. The molecule has 1 aliphatic heterocycles. The maximum Gasteiger partial charge on any atom is 0.0449 e. The second-order valence-corrected chi connectivity index (χ2v) is 4.03. The van der Waals surface area contributed by atoms with E-state index in [4.69, 9.17) is 0 Å². The second-order valence-electron chi connectivity index (χ2n) is 3.25. The minimum Gasteiger partial charge on any atom is -0.329 e. The highest BCUT2D eigenvalue weighted by molar-refractivity contribution is 7.97. The standard InChI is InChI=1S/C12H13NS/c1-3-5-10-6-4-7-11-8-14-13-9(2)12(10)11/h3-7,13H,2,8H2,1H3/b5-3-. The van der Waals surface area contributed by atoms with Crippen LogP contribution in [0, 0.1) is 0 Å². The molecule has 0 aromatic heterocycles. The van der Waals surface area contributed by atoms with E-state index in [1.165, 1.54) is 16.7 Å². The van der Waals surface area contributed by atoms with Gasteiger partial charge in [0.05, 0.1) is 0 Å². The van der Waals surface area contributed by atoms with E-state index in [0.29, 0.717) is 0 Å². The predicted molar refractivity (Wildman–Crippen MR) is 64.6 cm³/mol. The predicted octanol–water partition coefficient (Wildman–Crippen LogP) is 3.44. The summed E-state index contributed by atoms with van der Waals surface area (Å²) in [6.45, 7) is 6.07. The topological polar surface area (TPSA) is 12.0 Å². The van der Waals surface area contributed by atoms with Crippen LogP contribution < -0.4 is 4.72 Å². The van der Waals surface area contributed by atoms with Crippen LogP contribution in [-0.2, 0) is 5.75 Å². The molecule has 1 N–H and O–H groups in total. The van der Waals surface area contributed by atoms with Gasteiger partial charge in [0.2, 0.25) is 0 Å². The van der Waals surface area contributed by atoms with Crippen LogP contribution in [-0.4, -0.2) is 0 Å². The third-order valence-corrected chi connectivity index (χ3v) is 3.10. The molecule has 72 valence electrons. The Kier molecular flexibility index (Phi) is 2.64. The Morgan fingerprint density at radius 2 is 2.36 bits per heavy atom. The first-order chi connectivity index (χ1) is 6.83. The third kappa shape index (κ3) is 1.58. The summed E-state index contributed by atoms with van der Waals surface area (Å²) < 4.78 is 3.23. The van der Waals surface area contributed by atoms with E-state index >= 15 is 0 Å². The van der Waals surface area contributed by atoms with Gasteiger partial charge in [0.1, 0.15) is 0 Å². The molecular weight excluding hydrogens is 190 g/mol. The zero-order valence-corrected chi connectivity index (χ0v) is 9.03. The molecule has 1 aromatic rings. The monoisotopic (exact) mass is 203 g/mol. The van der Waals surface area contributed by atoms with Crippen LogP contribution in [0.15, 0.2) is 30.9 Å². The minimum atomic E-state index is 1.01. The van der Waals surface area contributed by atoms with Gasteiger partial charge in [0.15, 0.2) is 0 Å². The summed E-state index contributed by atoms with van der Waals surface area (Å²) in [5, 5.41) is 0. The molecule has 0 saturated carbocycles. The van der Waals surface area contributed by atoms with Crippen LogP contribution in [0.1, 0.15) is 23.6 Å². The zero-order valence-electron chi connectivity index (χ0n) is 8.21. The van der Waals surface area contributed by atoms with Gasteiger partial charge in [-0.1, -0.05) is 36.9 Å². The third-order valence-electron chi connectivity index (χ3n) is 2.25. The van der Waals surface area contributed by atoms with Gasteiger partial charge >= 0.3 is 0 Å². The van der Waals surface area contributed by atoms with E-state index in [0.717, 1.165) is 11.4 Å². The van der Waals surface area contributed by atoms with Gasteiger partial charge in [-0.05, 0) is 30.0 Å². The van der Waals surface area contributed by atoms with Crippen LogP contribution in [0.3, 0.4) is 0 Å². The highest BCUT2D eigenvalue weighted by Gasteiger charge is 2.14. The fraction of sp³-hybridized carbons (Fsp3) is 0.167. The van der Waals surface area contributed by atoms with Crippen molar-refractivity contribution in [2.24, 2.45) is 0 Å². The summed E-state index contributed by atoms with van der Waals surface area (Å²) in [5.41, 5.74) is 4.91. The fourth-order valence-corrected chi connectivity index (χ4v) is 2.42. The molecule has 0 fully saturated rings. The molecule has 1 nitrogen and oxygen atoms in total. The average Bonchev–Trinajstić information content (AvgIpc) is 2.19. The number of hydrogen-bond acceptors (Lipinski definition) is 2. The van der Waals surface area contributed by atoms with Crippen molar-refractivity contribution in [1.82, 2.24) is 4.72 Å². The average molecular weight is 203 g/mol. The molecule has 0 radical (unpaired) electrons. The molecule has 0 unspecified atom stereocenters. The van der Waals surface area contributed by atoms with Gasteiger partial charge < -0.3 is 4.72 Å². The Bertz CT molecular complexity index is 393. The SMILES string of the molecule is C=C1NSCc2cccc(/C=C\C)c21. The van der Waals surface area contributed by atoms with Crippen LogP contribution in [0.4, 0.5) is 0 Å². The molecular formula is C12H13NS. The summed E-state index contributed by atoms with van der Waals surface area (Å²) in [4.78, 5) is 0. The maximum atomic E-state index is 4.03. The quantitative estimate of drug-likeness (QED) is 0.702. The first-order valence-electron chi connectivity index (χ1n) is 4.64. The Morgan fingerprint density at radius 1 is 1.50 bits per heavy atom. The van der Waals surface area contributed by atoms with Gasteiger partial charge in [-0.2, -0.15) is 0 Å². The highest BCUT2D eigenvalue weighted by atomic mass is 32.2. The van der Waals surface area contributed by atoms with Gasteiger partial charge in [-0.15, -0.1) is 0 Å². The van der Waals surface area contributed by atoms with E-state index in [-0.39, 0.29) is 0 Å². The van der Waals surface area contributed by atoms with Crippen molar-refractivity contribution in [2.75, 3.05) is 0 Å². The van der Waals surface area contributed by atoms with Gasteiger partial charge in [-0.25, -0.2) is 0 Å². The van der Waals surface area contributed by atoms with Crippen LogP contribution in [0.2, 0.25) is 0 Å².